The normalized spacial score (nSPS) is 15.2. The van der Waals surface area contributed by atoms with E-state index in [1.807, 2.05) is 12.1 Å². The lowest BCUT2D eigenvalue weighted by molar-refractivity contribution is -0.120. The SMILES string of the molecule is N=C(c1ccc(SN)cc1)c1c(NC2CCC(=O)CC2)cc[nH]c1=O. The molecule has 0 amide bonds. The van der Waals surface area contributed by atoms with Gasteiger partial charge in [-0.2, -0.15) is 0 Å². The van der Waals surface area contributed by atoms with Crippen LogP contribution in [-0.2, 0) is 4.79 Å². The number of carbonyl (C=O) groups excluding carboxylic acids is 1. The van der Waals surface area contributed by atoms with Crippen molar-refractivity contribution < 1.29 is 4.79 Å². The van der Waals surface area contributed by atoms with Crippen molar-refractivity contribution in [1.82, 2.24) is 4.98 Å². The highest BCUT2D eigenvalue weighted by Gasteiger charge is 2.21. The van der Waals surface area contributed by atoms with Crippen molar-refractivity contribution in [2.75, 3.05) is 5.32 Å². The maximum atomic E-state index is 12.4. The fourth-order valence-electron chi connectivity index (χ4n) is 3.00. The molecule has 0 bridgehead atoms. The Labute approximate surface area is 149 Å². The van der Waals surface area contributed by atoms with Gasteiger partial charge in [0.2, 0.25) is 0 Å². The number of nitrogens with one attached hydrogen (secondary N) is 3. The first-order valence-electron chi connectivity index (χ1n) is 8.14. The van der Waals surface area contributed by atoms with Crippen LogP contribution < -0.4 is 16.0 Å². The third-order valence-corrected chi connectivity index (χ3v) is 4.94. The fourth-order valence-corrected chi connectivity index (χ4v) is 3.29. The average Bonchev–Trinajstić information content (AvgIpc) is 2.63. The maximum absolute atomic E-state index is 12.4. The van der Waals surface area contributed by atoms with Gasteiger partial charge >= 0.3 is 0 Å². The third kappa shape index (κ3) is 4.00. The number of aromatic amines is 1. The van der Waals surface area contributed by atoms with Crippen LogP contribution in [0, 0.1) is 5.41 Å². The highest BCUT2D eigenvalue weighted by molar-refractivity contribution is 7.97. The Hall–Kier alpha value is -2.38. The van der Waals surface area contributed by atoms with Crippen LogP contribution in [-0.4, -0.2) is 22.5 Å². The number of nitrogens with two attached hydrogens (primary N) is 1. The minimum absolute atomic E-state index is 0.141. The van der Waals surface area contributed by atoms with Gasteiger partial charge in [0.15, 0.2) is 0 Å². The summed E-state index contributed by atoms with van der Waals surface area (Å²) in [5.74, 6) is 0.287. The summed E-state index contributed by atoms with van der Waals surface area (Å²) in [5, 5.41) is 17.3. The second-order valence-corrected chi connectivity index (χ2v) is 6.78. The average molecular weight is 356 g/mol. The fraction of sp³-hybridized carbons (Fsp3) is 0.278. The number of pyridine rings is 1. The molecule has 6 nitrogen and oxygen atoms in total. The Morgan fingerprint density at radius 1 is 1.16 bits per heavy atom. The van der Waals surface area contributed by atoms with Crippen molar-refractivity contribution in [3.63, 3.8) is 0 Å². The highest BCUT2D eigenvalue weighted by Crippen LogP contribution is 2.23. The summed E-state index contributed by atoms with van der Waals surface area (Å²) in [5.41, 5.74) is 1.44. The Bertz CT molecular complexity index is 835. The molecule has 25 heavy (non-hydrogen) atoms. The van der Waals surface area contributed by atoms with Crippen LogP contribution in [0.5, 0.6) is 0 Å². The van der Waals surface area contributed by atoms with Crippen molar-refractivity contribution in [2.24, 2.45) is 5.14 Å². The standard InChI is InChI=1S/C18H20N4O2S/c19-17(11-1-7-14(25-20)8-2-11)16-15(9-10-21-18(16)24)22-12-3-5-13(23)6-4-12/h1-2,7-10,12,19H,3-6,20H2,(H2,21,22,24). The zero-order valence-corrected chi connectivity index (χ0v) is 14.5. The zero-order valence-electron chi connectivity index (χ0n) is 13.7. The minimum atomic E-state index is -0.306. The Balaban J connectivity index is 1.88. The molecule has 1 heterocycles. The second-order valence-electron chi connectivity index (χ2n) is 6.07. The lowest BCUT2D eigenvalue weighted by atomic mass is 9.93. The van der Waals surface area contributed by atoms with E-state index in [0.717, 1.165) is 29.7 Å². The number of rotatable bonds is 5. The van der Waals surface area contributed by atoms with Crippen molar-refractivity contribution in [2.45, 2.75) is 36.6 Å². The predicted molar refractivity (Wildman–Crippen MR) is 100 cm³/mol. The number of hydrogen-bond donors (Lipinski definition) is 4. The van der Waals surface area contributed by atoms with Crippen LogP contribution in [0.3, 0.4) is 0 Å². The first-order chi connectivity index (χ1) is 12.1. The van der Waals surface area contributed by atoms with Gasteiger partial charge in [0.05, 0.1) is 17.0 Å². The number of hydrogen-bond acceptors (Lipinski definition) is 6. The minimum Gasteiger partial charge on any atom is -0.382 e. The summed E-state index contributed by atoms with van der Waals surface area (Å²) < 4.78 is 0. The van der Waals surface area contributed by atoms with Crippen LogP contribution in [0.4, 0.5) is 5.69 Å². The summed E-state index contributed by atoms with van der Waals surface area (Å²) in [7, 11) is 0. The van der Waals surface area contributed by atoms with Crippen LogP contribution in [0.15, 0.2) is 46.2 Å². The molecule has 0 spiro atoms. The first-order valence-corrected chi connectivity index (χ1v) is 9.02. The van der Waals surface area contributed by atoms with Crippen molar-refractivity contribution >= 4 is 29.1 Å². The Kier molecular flexibility index (Phi) is 5.35. The van der Waals surface area contributed by atoms with Gasteiger partial charge in [-0.25, -0.2) is 0 Å². The van der Waals surface area contributed by atoms with E-state index in [1.165, 1.54) is 0 Å². The van der Waals surface area contributed by atoms with Crippen molar-refractivity contribution in [3.05, 3.63) is 58.0 Å². The first kappa shape index (κ1) is 17.4. The van der Waals surface area contributed by atoms with E-state index >= 15 is 0 Å². The quantitative estimate of drug-likeness (QED) is 0.486. The van der Waals surface area contributed by atoms with E-state index in [2.05, 4.69) is 10.3 Å². The Morgan fingerprint density at radius 3 is 2.48 bits per heavy atom. The zero-order chi connectivity index (χ0) is 17.8. The van der Waals surface area contributed by atoms with Gasteiger partial charge in [0.1, 0.15) is 5.78 Å². The van der Waals surface area contributed by atoms with Gasteiger partial charge in [-0.3, -0.25) is 20.1 Å². The van der Waals surface area contributed by atoms with E-state index in [-0.39, 0.29) is 23.1 Å². The molecular weight excluding hydrogens is 336 g/mol. The molecule has 0 saturated heterocycles. The third-order valence-electron chi connectivity index (χ3n) is 4.39. The molecule has 130 valence electrons. The monoisotopic (exact) mass is 356 g/mol. The van der Waals surface area contributed by atoms with E-state index in [9.17, 15) is 9.59 Å². The van der Waals surface area contributed by atoms with Gasteiger partial charge in [-0.1, -0.05) is 12.1 Å². The smallest absolute Gasteiger partial charge is 0.259 e. The van der Waals surface area contributed by atoms with Crippen LogP contribution >= 0.6 is 11.9 Å². The highest BCUT2D eigenvalue weighted by atomic mass is 32.2. The lowest BCUT2D eigenvalue weighted by Crippen LogP contribution is -2.29. The molecule has 0 radical (unpaired) electrons. The van der Waals surface area contributed by atoms with Gasteiger partial charge in [0.25, 0.3) is 5.56 Å². The predicted octanol–water partition coefficient (Wildman–Crippen LogP) is 2.68. The number of carbonyl (C=O) groups is 1. The molecule has 0 unspecified atom stereocenters. The maximum Gasteiger partial charge on any atom is 0.259 e. The number of ketones is 1. The largest absolute Gasteiger partial charge is 0.382 e. The molecule has 1 aliphatic carbocycles. The summed E-state index contributed by atoms with van der Waals surface area (Å²) in [6, 6.07) is 9.13. The number of anilines is 1. The Morgan fingerprint density at radius 2 is 1.84 bits per heavy atom. The number of Topliss-reactive ketones (excluding diaryl/α,β-unsaturated/α-hetero) is 1. The van der Waals surface area contributed by atoms with E-state index in [0.29, 0.717) is 29.7 Å². The molecule has 1 saturated carbocycles. The van der Waals surface area contributed by atoms with Gasteiger partial charge in [0, 0.05) is 35.5 Å². The number of benzene rings is 1. The summed E-state index contributed by atoms with van der Waals surface area (Å²) >= 11 is 1.14. The molecule has 1 aromatic carbocycles. The van der Waals surface area contributed by atoms with E-state index in [4.69, 9.17) is 10.5 Å². The molecule has 1 aromatic heterocycles. The molecule has 1 aliphatic rings. The molecule has 3 rings (SSSR count). The van der Waals surface area contributed by atoms with Crippen molar-refractivity contribution in [1.29, 1.82) is 5.41 Å². The summed E-state index contributed by atoms with van der Waals surface area (Å²) in [6.07, 6.45) is 4.20. The summed E-state index contributed by atoms with van der Waals surface area (Å²) in [4.78, 5) is 27.3. The molecule has 0 atom stereocenters. The lowest BCUT2D eigenvalue weighted by Gasteiger charge is -2.24. The molecule has 0 aliphatic heterocycles. The second kappa shape index (κ2) is 7.67. The van der Waals surface area contributed by atoms with Gasteiger partial charge in [-0.05, 0) is 43.0 Å². The van der Waals surface area contributed by atoms with Crippen LogP contribution in [0.1, 0.15) is 36.8 Å². The molecule has 2 aromatic rings. The van der Waals surface area contributed by atoms with Crippen LogP contribution in [0.25, 0.3) is 0 Å². The topological polar surface area (TPSA) is 112 Å². The molecule has 1 fully saturated rings. The molecule has 5 N–H and O–H groups in total. The molecule has 7 heteroatoms. The number of aromatic nitrogens is 1. The molecular formula is C18H20N4O2S. The van der Waals surface area contributed by atoms with Crippen molar-refractivity contribution in [3.8, 4) is 0 Å². The van der Waals surface area contributed by atoms with E-state index in [1.54, 1.807) is 24.4 Å². The number of H-pyrrole nitrogens is 1. The van der Waals surface area contributed by atoms with Gasteiger partial charge in [-0.15, -0.1) is 0 Å². The summed E-state index contributed by atoms with van der Waals surface area (Å²) in [6.45, 7) is 0. The van der Waals surface area contributed by atoms with E-state index < -0.39 is 0 Å². The van der Waals surface area contributed by atoms with Crippen LogP contribution in [0.2, 0.25) is 0 Å². The van der Waals surface area contributed by atoms with Gasteiger partial charge < -0.3 is 10.3 Å².